The van der Waals surface area contributed by atoms with Gasteiger partial charge in [-0.15, -0.1) is 0 Å². The molecule has 0 aromatic carbocycles. The lowest BCUT2D eigenvalue weighted by molar-refractivity contribution is -0.464. The molecule has 9 atom stereocenters. The summed E-state index contributed by atoms with van der Waals surface area (Å²) in [6.45, 7) is 8.70. The molecule has 4 aliphatic carbocycles. The van der Waals surface area contributed by atoms with E-state index in [1.165, 1.54) is 7.11 Å². The Labute approximate surface area is 166 Å². The average Bonchev–Trinajstić information content (AvgIpc) is 2.80. The second-order valence-corrected chi connectivity index (χ2v) is 10.4. The second kappa shape index (κ2) is 5.46. The molecule has 2 saturated heterocycles. The molecule has 2 N–H and O–H groups in total. The minimum absolute atomic E-state index is 0.0977. The minimum atomic E-state index is -1.48. The largest absolute Gasteiger partial charge is 0.392 e. The third kappa shape index (κ3) is 1.63. The van der Waals surface area contributed by atoms with E-state index in [-0.39, 0.29) is 29.0 Å². The first-order valence-electron chi connectivity index (χ1n) is 10.5. The summed E-state index contributed by atoms with van der Waals surface area (Å²) in [4.78, 5) is 13.8. The number of ether oxygens (including phenoxy) is 3. The molecular weight excluding hydrogens is 360 g/mol. The van der Waals surface area contributed by atoms with Gasteiger partial charge in [0.25, 0.3) is 0 Å². The summed E-state index contributed by atoms with van der Waals surface area (Å²) in [5, 5.41) is 23.1. The summed E-state index contributed by atoms with van der Waals surface area (Å²) >= 11 is 0. The van der Waals surface area contributed by atoms with E-state index in [1.807, 2.05) is 0 Å². The molecule has 0 amide bonds. The van der Waals surface area contributed by atoms with Crippen LogP contribution >= 0.6 is 0 Å². The first kappa shape index (κ1) is 19.2. The van der Waals surface area contributed by atoms with E-state index in [1.54, 1.807) is 7.11 Å². The van der Waals surface area contributed by atoms with Gasteiger partial charge in [-0.3, -0.25) is 4.79 Å². The third-order valence-corrected chi connectivity index (χ3v) is 9.37. The van der Waals surface area contributed by atoms with Gasteiger partial charge in [-0.1, -0.05) is 20.4 Å². The quantitative estimate of drug-likeness (QED) is 0.696. The molecule has 4 saturated carbocycles. The smallest absolute Gasteiger partial charge is 0.210 e. The van der Waals surface area contributed by atoms with E-state index < -0.39 is 34.9 Å². The number of aliphatic hydroxyl groups is 2. The van der Waals surface area contributed by atoms with Crippen molar-refractivity contribution in [3.63, 3.8) is 0 Å². The number of rotatable bonds is 2. The molecule has 0 aromatic heterocycles. The molecule has 6 rings (SSSR count). The molecule has 2 heterocycles. The van der Waals surface area contributed by atoms with Gasteiger partial charge in [-0.2, -0.15) is 0 Å². The fourth-order valence-electron chi connectivity index (χ4n) is 8.54. The van der Waals surface area contributed by atoms with Gasteiger partial charge in [0.05, 0.1) is 18.8 Å². The number of hydrogen-bond donors (Lipinski definition) is 2. The Balaban J connectivity index is 1.83. The van der Waals surface area contributed by atoms with Gasteiger partial charge in [-0.25, -0.2) is 0 Å². The molecule has 6 heteroatoms. The van der Waals surface area contributed by atoms with E-state index in [0.717, 1.165) is 19.3 Å². The number of ketones is 1. The normalized spacial score (nSPS) is 56.5. The van der Waals surface area contributed by atoms with Crippen molar-refractivity contribution in [2.24, 2.45) is 34.0 Å². The maximum Gasteiger partial charge on any atom is 0.210 e. The van der Waals surface area contributed by atoms with Crippen molar-refractivity contribution in [1.29, 1.82) is 0 Å². The first-order valence-corrected chi connectivity index (χ1v) is 10.5. The van der Waals surface area contributed by atoms with Crippen molar-refractivity contribution in [2.45, 2.75) is 63.6 Å². The van der Waals surface area contributed by atoms with Gasteiger partial charge >= 0.3 is 0 Å². The molecule has 0 radical (unpaired) electrons. The lowest BCUT2D eigenvalue weighted by Crippen LogP contribution is -2.86. The Morgan fingerprint density at radius 1 is 1.18 bits per heavy atom. The predicted molar refractivity (Wildman–Crippen MR) is 100 cm³/mol. The zero-order valence-corrected chi connectivity index (χ0v) is 17.2. The highest BCUT2D eigenvalue weighted by Gasteiger charge is 2.87. The molecule has 6 aliphatic rings. The molecule has 28 heavy (non-hydrogen) atoms. The van der Waals surface area contributed by atoms with Crippen LogP contribution in [0.25, 0.3) is 0 Å². The van der Waals surface area contributed by atoms with Crippen molar-refractivity contribution in [3.05, 3.63) is 12.2 Å². The molecular formula is C22H32O6. The third-order valence-electron chi connectivity index (χ3n) is 9.37. The second-order valence-electron chi connectivity index (χ2n) is 10.4. The summed E-state index contributed by atoms with van der Waals surface area (Å²) in [6, 6.07) is 0. The van der Waals surface area contributed by atoms with E-state index >= 15 is 0 Å². The predicted octanol–water partition coefficient (Wildman–Crippen LogP) is 1.68. The Kier molecular flexibility index (Phi) is 3.75. The number of aliphatic hydroxyl groups excluding tert-OH is 2. The maximum absolute atomic E-state index is 13.8. The SMILES string of the molecule is C=C1C(=O)[C@@]23C(CC[C@@H]1[C@H]2OC)[C@@]12CO[C@@]3(OC)[C@@H](O)C1C(C)(C)CC[C@@H]2O. The molecule has 6 fully saturated rings. The highest BCUT2D eigenvalue weighted by Crippen LogP contribution is 2.77. The van der Waals surface area contributed by atoms with E-state index in [4.69, 9.17) is 14.2 Å². The van der Waals surface area contributed by atoms with E-state index in [0.29, 0.717) is 18.6 Å². The first-order chi connectivity index (χ1) is 13.2. The Morgan fingerprint density at radius 3 is 2.54 bits per heavy atom. The van der Waals surface area contributed by atoms with E-state index in [9.17, 15) is 15.0 Å². The Bertz CT molecular complexity index is 747. The van der Waals surface area contributed by atoms with Gasteiger partial charge in [0.15, 0.2) is 5.78 Å². The Morgan fingerprint density at radius 2 is 1.89 bits per heavy atom. The zero-order chi connectivity index (χ0) is 20.3. The van der Waals surface area contributed by atoms with Crippen molar-refractivity contribution in [2.75, 3.05) is 20.8 Å². The number of carbonyl (C=O) groups excluding carboxylic acids is 1. The van der Waals surface area contributed by atoms with Crippen LogP contribution in [0.4, 0.5) is 0 Å². The van der Waals surface area contributed by atoms with Crippen LogP contribution < -0.4 is 0 Å². The minimum Gasteiger partial charge on any atom is -0.392 e. The number of hydrogen-bond acceptors (Lipinski definition) is 6. The van der Waals surface area contributed by atoms with Crippen molar-refractivity contribution in [3.8, 4) is 0 Å². The highest BCUT2D eigenvalue weighted by atomic mass is 16.7. The summed E-state index contributed by atoms with van der Waals surface area (Å²) in [6.07, 6.45) is 0.909. The van der Waals surface area contributed by atoms with Crippen molar-refractivity contribution in [1.82, 2.24) is 0 Å². The number of Topliss-reactive ketones (excluding diaryl/α,β-unsaturated/α-hetero) is 1. The van der Waals surface area contributed by atoms with Crippen molar-refractivity contribution < 1.29 is 29.2 Å². The van der Waals surface area contributed by atoms with Gasteiger partial charge in [0.1, 0.15) is 11.5 Å². The molecule has 4 bridgehead atoms. The van der Waals surface area contributed by atoms with Crippen LogP contribution in [0.15, 0.2) is 12.2 Å². The fourth-order valence-corrected chi connectivity index (χ4v) is 8.54. The van der Waals surface area contributed by atoms with Gasteiger partial charge < -0.3 is 24.4 Å². The van der Waals surface area contributed by atoms with Crippen LogP contribution in [0, 0.1) is 34.0 Å². The molecule has 0 aromatic rings. The summed E-state index contributed by atoms with van der Waals surface area (Å²) in [7, 11) is 3.13. The topological polar surface area (TPSA) is 85.2 Å². The van der Waals surface area contributed by atoms with Crippen molar-refractivity contribution >= 4 is 5.78 Å². The molecule has 156 valence electrons. The number of fused-ring (bicyclic) bond motifs is 2. The van der Waals surface area contributed by atoms with Crippen LogP contribution in [0.2, 0.25) is 0 Å². The monoisotopic (exact) mass is 392 g/mol. The Hall–Kier alpha value is -0.790. The van der Waals surface area contributed by atoms with E-state index in [2.05, 4.69) is 20.4 Å². The zero-order valence-electron chi connectivity index (χ0n) is 17.2. The number of methoxy groups -OCH3 is 2. The molecule has 6 nitrogen and oxygen atoms in total. The summed E-state index contributed by atoms with van der Waals surface area (Å²) in [5.41, 5.74) is -1.51. The van der Waals surface area contributed by atoms with Crippen LogP contribution in [0.3, 0.4) is 0 Å². The molecule has 2 spiro atoms. The van der Waals surface area contributed by atoms with Crippen LogP contribution in [0.5, 0.6) is 0 Å². The molecule has 2 aliphatic heterocycles. The molecule has 2 unspecified atom stereocenters. The maximum atomic E-state index is 13.8. The lowest BCUT2D eigenvalue weighted by Gasteiger charge is -2.75. The number of carbonyl (C=O) groups is 1. The summed E-state index contributed by atoms with van der Waals surface area (Å²) < 4.78 is 18.3. The highest BCUT2D eigenvalue weighted by molar-refractivity contribution is 6.05. The van der Waals surface area contributed by atoms with Crippen LogP contribution in [-0.2, 0) is 19.0 Å². The fraction of sp³-hybridized carbons (Fsp3) is 0.864. The summed E-state index contributed by atoms with van der Waals surface area (Å²) in [5.74, 6) is -2.08. The van der Waals surface area contributed by atoms with Crippen LogP contribution in [0.1, 0.15) is 39.5 Å². The standard InChI is InChI=1S/C22H32O6/c1-11-12-6-7-13-20-10-28-22(27-5,21(13,16(11)24)18(12)26-4)17(25)15(20)19(2,3)9-8-14(20)23/h12-15,17-18,23,25H,1,6-10H2,2-5H3/t12-,13?,14-,15?,17-,18+,20+,21-,22-/m0/s1. The van der Waals surface area contributed by atoms with Gasteiger partial charge in [0, 0.05) is 31.5 Å². The average molecular weight is 392 g/mol. The van der Waals surface area contributed by atoms with Gasteiger partial charge in [-0.05, 0) is 42.6 Å². The van der Waals surface area contributed by atoms with Gasteiger partial charge in [0.2, 0.25) is 5.79 Å². The lowest BCUT2D eigenvalue weighted by atomic mass is 9.35. The van der Waals surface area contributed by atoms with Crippen LogP contribution in [-0.4, -0.2) is 60.9 Å².